The second-order valence-corrected chi connectivity index (χ2v) is 28.1. The minimum Gasteiger partial charge on any atom is -0.339 e. The number of nitrogens with zero attached hydrogens (tertiary/aromatic N) is 4. The Bertz CT molecular complexity index is 7810. The van der Waals surface area contributed by atoms with Crippen molar-refractivity contribution in [1.29, 1.82) is 0 Å². The van der Waals surface area contributed by atoms with Crippen molar-refractivity contribution >= 4 is 292 Å². The fourth-order valence-corrected chi connectivity index (χ4v) is 27.9. The van der Waals surface area contributed by atoms with Gasteiger partial charge in [-0.1, -0.05) is 12.1 Å². The third kappa shape index (κ3) is 1.60. The molecule has 8 nitrogen and oxygen atoms in total. The Labute approximate surface area is 433 Å². The molecule has 0 aromatic heterocycles. The van der Waals surface area contributed by atoms with Gasteiger partial charge in [0.15, 0.2) is 0 Å². The first kappa shape index (κ1) is 30.5. The van der Waals surface area contributed by atoms with Gasteiger partial charge in [0.2, 0.25) is 0 Å². The maximum Gasteiger partial charge on any atom is 0.271 e. The van der Waals surface area contributed by atoms with Crippen LogP contribution in [-0.2, 0) is 22.2 Å². The van der Waals surface area contributed by atoms with Gasteiger partial charge in [-0.05, 0) is 281 Å². The molecule has 80 heavy (non-hydrogen) atoms. The Balaban J connectivity index is 1.06. The van der Waals surface area contributed by atoms with E-state index in [2.05, 4.69) is 21.9 Å². The fourth-order valence-electron chi connectivity index (χ4n) is 27.9. The van der Waals surface area contributed by atoms with E-state index in [0.717, 1.165) is 11.4 Å². The predicted octanol–water partition coefficient (Wildman–Crippen LogP) is 17.9. The topological polar surface area (TPSA) is 92.3 Å². The lowest BCUT2D eigenvalue weighted by Crippen LogP contribution is -2.44. The van der Waals surface area contributed by atoms with Crippen LogP contribution in [0.3, 0.4) is 0 Å². The van der Waals surface area contributed by atoms with Crippen molar-refractivity contribution < 1.29 is 9.85 Å². The van der Waals surface area contributed by atoms with E-state index in [1.807, 2.05) is 24.3 Å². The van der Waals surface area contributed by atoms with Gasteiger partial charge >= 0.3 is 0 Å². The zero-order chi connectivity index (χ0) is 48.6. The Hall–Kier alpha value is -10.4. The van der Waals surface area contributed by atoms with Crippen LogP contribution in [0.15, 0.2) is 48.5 Å². The van der Waals surface area contributed by atoms with Gasteiger partial charge < -0.3 is 9.80 Å². The number of nitro benzene ring substituents is 2. The number of anilines is 2. The molecular formula is C72H8N4O4. The van der Waals surface area contributed by atoms with Crippen LogP contribution in [0.1, 0.15) is 33.4 Å². The first-order valence-electron chi connectivity index (χ1n) is 28.7. The van der Waals surface area contributed by atoms with Gasteiger partial charge in [0.05, 0.1) is 9.85 Å². The largest absolute Gasteiger partial charge is 0.339 e. The standard InChI is InChI=1S/C72H8N4O4/c77-75(78)11-5-1-3-9(7-11)73-69-63-54-47-39-30-22-15-13-14-16-18-17(15)24-28(22)41(47)49-43-32(24)33-25(18)29-23(16)31-27-20(14)21-19(13)26(30)35-37-34(21)38-36(27)46-40(31)48-42(29)50-44(33)53(43)62-65(58(49)54)71(69,73)72-66(62)59(50)55(48)64-57(46)61-52(38)51(37)60(56(63)45(35)39)67(69)68(61)70(64,72)74(72)10-4-2-6-12(8-10)76(79)80/h1-8H. The molecule has 28 aromatic carbocycles. The SMILES string of the molecule is O=[N+]([O-])c1cccc(N2C34c5c6c7c8c9c%10c%11c%12c%13c(c%14c%15c3c3c5c5c7c7c%16c8c8c%10c%10c%11c%11c%13c%13c%14c%14c%15c%15c3c3c5c7c5c7c3c%15c3c%14c%14c%13c%11c%11c%10c%10c8c%16c5c5c%10c%11c%14c3c75)C24C%122N(c3cccc([N+](=O)[O-])c3)C692)c1. The van der Waals surface area contributed by atoms with Crippen LogP contribution in [-0.4, -0.2) is 9.85 Å². The Kier molecular flexibility index (Phi) is 2.61. The van der Waals surface area contributed by atoms with E-state index in [1.54, 1.807) is 66.0 Å². The van der Waals surface area contributed by atoms with Crippen LogP contribution >= 0.6 is 0 Å². The molecule has 4 spiro atoms. The van der Waals surface area contributed by atoms with Crippen LogP contribution in [0.5, 0.6) is 0 Å². The van der Waals surface area contributed by atoms with Crippen LogP contribution in [0, 0.1) is 20.2 Å². The molecule has 2 heterocycles. The van der Waals surface area contributed by atoms with E-state index in [4.69, 9.17) is 0 Å². The van der Waals surface area contributed by atoms with Crippen molar-refractivity contribution in [2.45, 2.75) is 22.2 Å². The molecule has 4 unspecified atom stereocenters. The molecule has 2 saturated heterocycles. The second-order valence-electron chi connectivity index (χ2n) is 28.1. The second kappa shape index (κ2) is 6.86. The highest BCUT2D eigenvalue weighted by atomic mass is 16.6. The van der Waals surface area contributed by atoms with Gasteiger partial charge in [-0.25, -0.2) is 0 Å². The molecule has 0 amide bonds. The van der Waals surface area contributed by atoms with Crippen molar-refractivity contribution in [3.63, 3.8) is 0 Å². The van der Waals surface area contributed by atoms with E-state index in [1.165, 1.54) is 249 Å². The molecule has 0 radical (unpaired) electrons. The number of non-ortho nitro benzene ring substituents is 2. The predicted molar refractivity (Wildman–Crippen MR) is 320 cm³/mol. The molecule has 36 rings (SSSR count). The molecule has 0 saturated carbocycles. The Morgan fingerprint density at radius 1 is 0.250 bits per heavy atom. The molecule has 8 heteroatoms. The fraction of sp³-hybridized carbons (Fsp3) is 0.0556. The summed E-state index contributed by atoms with van der Waals surface area (Å²) in [6.07, 6.45) is 0. The molecule has 0 bridgehead atoms. The van der Waals surface area contributed by atoms with E-state index < -0.39 is 22.2 Å². The summed E-state index contributed by atoms with van der Waals surface area (Å²) in [7, 11) is 0. The molecule has 8 aliphatic rings. The Morgan fingerprint density at radius 2 is 0.450 bits per heavy atom. The van der Waals surface area contributed by atoms with Crippen LogP contribution in [0.2, 0.25) is 0 Å². The number of rotatable bonds is 4. The van der Waals surface area contributed by atoms with E-state index in [9.17, 15) is 20.2 Å². The zero-order valence-corrected chi connectivity index (χ0v) is 40.0. The Morgan fingerprint density at radius 3 is 0.688 bits per heavy atom. The van der Waals surface area contributed by atoms with Crippen LogP contribution in [0.25, 0.3) is 269 Å². The highest BCUT2D eigenvalue weighted by Crippen LogP contribution is 3.01. The summed E-state index contributed by atoms with van der Waals surface area (Å²) >= 11 is 0. The van der Waals surface area contributed by atoms with Crippen molar-refractivity contribution in [3.8, 4) is 0 Å². The van der Waals surface area contributed by atoms with Crippen LogP contribution < -0.4 is 9.80 Å². The maximum atomic E-state index is 13.3. The molecule has 4 atom stereocenters. The number of hydrogen-bond donors (Lipinski definition) is 0. The summed E-state index contributed by atoms with van der Waals surface area (Å²) in [5.41, 5.74) is 7.62. The minimum atomic E-state index is -0.796. The smallest absolute Gasteiger partial charge is 0.271 e. The first-order chi connectivity index (χ1) is 39.5. The highest BCUT2D eigenvalue weighted by Gasteiger charge is 3.05. The molecule has 2 aliphatic heterocycles. The quantitative estimate of drug-likeness (QED) is 0.0755. The maximum absolute atomic E-state index is 13.3. The van der Waals surface area contributed by atoms with E-state index >= 15 is 0 Å². The summed E-state index contributed by atoms with van der Waals surface area (Å²) in [5.74, 6) is 0. The van der Waals surface area contributed by atoms with Gasteiger partial charge in [0.1, 0.15) is 22.2 Å². The molecule has 0 N–H and O–H groups in total. The summed E-state index contributed by atoms with van der Waals surface area (Å²) in [4.78, 5) is 32.0. The lowest BCUT2D eigenvalue weighted by molar-refractivity contribution is -0.385. The molecule has 2 fully saturated rings. The zero-order valence-electron chi connectivity index (χ0n) is 40.0. The first-order valence-corrected chi connectivity index (χ1v) is 28.7. The average Bonchev–Trinajstić information content (AvgIpc) is 1.35. The third-order valence-electron chi connectivity index (χ3n) is 27.8. The van der Waals surface area contributed by atoms with Gasteiger partial charge in [-0.3, -0.25) is 20.2 Å². The normalized spacial score (nSPS) is 25.4. The minimum absolute atomic E-state index is 0.108. The van der Waals surface area contributed by atoms with Gasteiger partial charge in [0.25, 0.3) is 11.4 Å². The summed E-state index contributed by atoms with van der Waals surface area (Å²) in [6.45, 7) is 0. The average molecular weight is 993 g/mol. The van der Waals surface area contributed by atoms with Gasteiger partial charge in [-0.15, -0.1) is 0 Å². The highest BCUT2D eigenvalue weighted by molar-refractivity contribution is 6.81. The van der Waals surface area contributed by atoms with Crippen molar-refractivity contribution in [2.24, 2.45) is 0 Å². The van der Waals surface area contributed by atoms with Gasteiger partial charge in [0, 0.05) is 69.0 Å². The number of nitro groups is 2. The van der Waals surface area contributed by atoms with Gasteiger partial charge in [-0.2, -0.15) is 0 Å². The number of benzene rings is 19. The van der Waals surface area contributed by atoms with E-state index in [-0.39, 0.29) is 21.2 Å². The summed E-state index contributed by atoms with van der Waals surface area (Å²) < 4.78 is 0. The lowest BCUT2D eigenvalue weighted by atomic mass is 9.58. The van der Waals surface area contributed by atoms with E-state index in [0.29, 0.717) is 0 Å². The molecule has 6 aliphatic carbocycles. The third-order valence-corrected chi connectivity index (χ3v) is 27.8. The molecule has 28 aromatic rings. The summed E-state index contributed by atoms with van der Waals surface area (Å²) in [6, 6.07) is 15.5. The van der Waals surface area contributed by atoms with Crippen molar-refractivity contribution in [2.75, 3.05) is 9.80 Å². The van der Waals surface area contributed by atoms with Crippen LogP contribution in [0.4, 0.5) is 22.7 Å². The molecular weight excluding hydrogens is 985 g/mol. The number of hydrogen-bond acceptors (Lipinski definition) is 6. The summed E-state index contributed by atoms with van der Waals surface area (Å²) in [5, 5.41) is 102. The van der Waals surface area contributed by atoms with Crippen molar-refractivity contribution in [3.05, 3.63) is 102 Å². The van der Waals surface area contributed by atoms with Crippen molar-refractivity contribution in [1.82, 2.24) is 0 Å². The molecule has 340 valence electrons. The lowest BCUT2D eigenvalue weighted by Gasteiger charge is -2.36. The monoisotopic (exact) mass is 992 g/mol.